The van der Waals surface area contributed by atoms with E-state index in [0.29, 0.717) is 13.1 Å². The van der Waals surface area contributed by atoms with Gasteiger partial charge in [-0.3, -0.25) is 14.7 Å². The maximum Gasteiger partial charge on any atom is 0.276 e. The van der Waals surface area contributed by atoms with Gasteiger partial charge in [0.15, 0.2) is 5.69 Å². The molecule has 1 fully saturated rings. The number of hydrogen-bond donors (Lipinski definition) is 1. The Hall–Kier alpha value is -2.47. The number of piperazine rings is 1. The monoisotopic (exact) mass is 298 g/mol. The van der Waals surface area contributed by atoms with Crippen LogP contribution in [0.5, 0.6) is 5.75 Å². The highest BCUT2D eigenvalue weighted by atomic mass is 16.3. The molecule has 1 aliphatic heterocycles. The highest BCUT2D eigenvalue weighted by Crippen LogP contribution is 2.16. The van der Waals surface area contributed by atoms with Gasteiger partial charge in [-0.25, -0.2) is 4.98 Å². The van der Waals surface area contributed by atoms with E-state index in [1.165, 1.54) is 17.8 Å². The summed E-state index contributed by atoms with van der Waals surface area (Å²) in [5.74, 6) is -0.274. The topological polar surface area (TPSA) is 69.6 Å². The Morgan fingerprint density at radius 1 is 1.14 bits per heavy atom. The summed E-state index contributed by atoms with van der Waals surface area (Å²) in [6.07, 6.45) is 5.15. The lowest BCUT2D eigenvalue weighted by molar-refractivity contribution is 0.0619. The van der Waals surface area contributed by atoms with Crippen LogP contribution in [0.2, 0.25) is 0 Å². The second kappa shape index (κ2) is 6.53. The van der Waals surface area contributed by atoms with Gasteiger partial charge in [-0.15, -0.1) is 0 Å². The summed E-state index contributed by atoms with van der Waals surface area (Å²) in [7, 11) is 0. The Morgan fingerprint density at radius 3 is 2.59 bits per heavy atom. The van der Waals surface area contributed by atoms with Crippen molar-refractivity contribution < 1.29 is 9.90 Å². The van der Waals surface area contributed by atoms with Crippen molar-refractivity contribution >= 4 is 5.91 Å². The van der Waals surface area contributed by atoms with Crippen LogP contribution in [0.1, 0.15) is 16.1 Å². The quantitative estimate of drug-likeness (QED) is 0.920. The Balaban J connectivity index is 1.58. The highest BCUT2D eigenvalue weighted by molar-refractivity contribution is 5.94. The summed E-state index contributed by atoms with van der Waals surface area (Å²) in [4.78, 5) is 24.5. The van der Waals surface area contributed by atoms with Crippen molar-refractivity contribution in [3.05, 3.63) is 54.1 Å². The maximum atomic E-state index is 12.4. The molecule has 1 amide bonds. The van der Waals surface area contributed by atoms with Crippen molar-refractivity contribution in [3.8, 4) is 5.75 Å². The molecule has 0 radical (unpaired) electrons. The molecule has 1 aliphatic rings. The molecular formula is C16H18N4O2. The van der Waals surface area contributed by atoms with E-state index in [4.69, 9.17) is 0 Å². The minimum atomic E-state index is -0.209. The first kappa shape index (κ1) is 14.5. The largest absolute Gasteiger partial charge is 0.505 e. The van der Waals surface area contributed by atoms with Crippen LogP contribution in [0.4, 0.5) is 0 Å². The lowest BCUT2D eigenvalue weighted by Crippen LogP contribution is -2.48. The van der Waals surface area contributed by atoms with Gasteiger partial charge < -0.3 is 10.0 Å². The molecule has 2 aromatic heterocycles. The number of carbonyl (C=O) groups excluding carboxylic acids is 1. The molecule has 6 heteroatoms. The van der Waals surface area contributed by atoms with Gasteiger partial charge in [0.25, 0.3) is 5.91 Å². The molecule has 0 spiro atoms. The van der Waals surface area contributed by atoms with E-state index in [9.17, 15) is 9.90 Å². The third-order valence-corrected chi connectivity index (χ3v) is 3.78. The van der Waals surface area contributed by atoms with Crippen molar-refractivity contribution in [2.24, 2.45) is 0 Å². The van der Waals surface area contributed by atoms with Crippen molar-refractivity contribution in [2.75, 3.05) is 26.2 Å². The summed E-state index contributed by atoms with van der Waals surface area (Å²) in [5.41, 5.74) is 1.30. The Kier molecular flexibility index (Phi) is 4.29. The van der Waals surface area contributed by atoms with Gasteiger partial charge in [-0.05, 0) is 23.8 Å². The fourth-order valence-corrected chi connectivity index (χ4v) is 2.57. The summed E-state index contributed by atoms with van der Waals surface area (Å²) in [5, 5.41) is 9.73. The zero-order valence-electron chi connectivity index (χ0n) is 12.2. The van der Waals surface area contributed by atoms with Gasteiger partial charge in [0, 0.05) is 51.3 Å². The number of rotatable bonds is 3. The van der Waals surface area contributed by atoms with Crippen molar-refractivity contribution in [1.29, 1.82) is 0 Å². The van der Waals surface area contributed by atoms with Gasteiger partial charge >= 0.3 is 0 Å². The van der Waals surface area contributed by atoms with Crippen LogP contribution in [0.3, 0.4) is 0 Å². The molecule has 3 heterocycles. The van der Waals surface area contributed by atoms with E-state index >= 15 is 0 Å². The molecule has 0 aliphatic carbocycles. The predicted molar refractivity (Wildman–Crippen MR) is 81.3 cm³/mol. The van der Waals surface area contributed by atoms with Crippen molar-refractivity contribution in [2.45, 2.75) is 6.54 Å². The molecule has 114 valence electrons. The second-order valence-electron chi connectivity index (χ2n) is 5.30. The van der Waals surface area contributed by atoms with Crippen LogP contribution in [0, 0.1) is 0 Å². The van der Waals surface area contributed by atoms with Crippen LogP contribution >= 0.6 is 0 Å². The van der Waals surface area contributed by atoms with Gasteiger partial charge in [0.2, 0.25) is 0 Å². The average molecular weight is 298 g/mol. The highest BCUT2D eigenvalue weighted by Gasteiger charge is 2.24. The first-order valence-electron chi connectivity index (χ1n) is 7.28. The number of nitrogens with zero attached hydrogens (tertiary/aromatic N) is 4. The van der Waals surface area contributed by atoms with Crippen molar-refractivity contribution in [3.63, 3.8) is 0 Å². The van der Waals surface area contributed by atoms with Crippen LogP contribution in [0.25, 0.3) is 0 Å². The van der Waals surface area contributed by atoms with Crippen LogP contribution in [0.15, 0.2) is 42.9 Å². The number of aromatic nitrogens is 2. The number of carbonyl (C=O) groups is 1. The summed E-state index contributed by atoms with van der Waals surface area (Å²) < 4.78 is 0. The molecule has 22 heavy (non-hydrogen) atoms. The van der Waals surface area contributed by atoms with E-state index in [1.807, 2.05) is 12.3 Å². The average Bonchev–Trinajstić information content (AvgIpc) is 2.56. The molecule has 1 saturated heterocycles. The first-order chi connectivity index (χ1) is 10.7. The number of amides is 1. The number of pyridine rings is 2. The van der Waals surface area contributed by atoms with Gasteiger partial charge in [0.05, 0.1) is 0 Å². The van der Waals surface area contributed by atoms with Gasteiger partial charge in [-0.1, -0.05) is 6.07 Å². The zero-order valence-corrected chi connectivity index (χ0v) is 12.2. The van der Waals surface area contributed by atoms with E-state index < -0.39 is 0 Å². The van der Waals surface area contributed by atoms with Crippen LogP contribution in [-0.4, -0.2) is 57.0 Å². The SMILES string of the molecule is O=C(c1ncccc1O)N1CCN(Cc2cccnc2)CC1. The number of hydrogen-bond acceptors (Lipinski definition) is 5. The Bertz CT molecular complexity index is 640. The molecule has 3 rings (SSSR count). The molecule has 0 unspecified atom stereocenters. The van der Waals surface area contributed by atoms with Crippen LogP contribution < -0.4 is 0 Å². The summed E-state index contributed by atoms with van der Waals surface area (Å²) in [6.45, 7) is 3.71. The summed E-state index contributed by atoms with van der Waals surface area (Å²) >= 11 is 0. The van der Waals surface area contributed by atoms with Crippen LogP contribution in [-0.2, 0) is 6.54 Å². The Labute approximate surface area is 129 Å². The van der Waals surface area contributed by atoms with Gasteiger partial charge in [0.1, 0.15) is 5.75 Å². The minimum Gasteiger partial charge on any atom is -0.505 e. The van der Waals surface area contributed by atoms with E-state index in [2.05, 4.69) is 20.9 Å². The molecular weight excluding hydrogens is 280 g/mol. The second-order valence-corrected chi connectivity index (χ2v) is 5.30. The van der Waals surface area contributed by atoms with Gasteiger partial charge in [-0.2, -0.15) is 0 Å². The third-order valence-electron chi connectivity index (χ3n) is 3.78. The minimum absolute atomic E-state index is 0.0645. The first-order valence-corrected chi connectivity index (χ1v) is 7.28. The zero-order chi connectivity index (χ0) is 15.4. The van der Waals surface area contributed by atoms with E-state index in [-0.39, 0.29) is 17.4 Å². The smallest absolute Gasteiger partial charge is 0.276 e. The Morgan fingerprint density at radius 2 is 1.91 bits per heavy atom. The fourth-order valence-electron chi connectivity index (χ4n) is 2.57. The molecule has 0 saturated carbocycles. The maximum absolute atomic E-state index is 12.4. The molecule has 1 N–H and O–H groups in total. The molecule has 6 nitrogen and oxygen atoms in total. The molecule has 2 aromatic rings. The predicted octanol–water partition coefficient (Wildman–Crippen LogP) is 1.14. The lowest BCUT2D eigenvalue weighted by Gasteiger charge is -2.34. The lowest BCUT2D eigenvalue weighted by atomic mass is 10.2. The number of aromatic hydroxyl groups is 1. The standard InChI is InChI=1S/C16H18N4O2/c21-14-4-2-6-18-15(14)16(22)20-9-7-19(8-10-20)12-13-3-1-5-17-11-13/h1-6,11,21H,7-10,12H2. The van der Waals surface area contributed by atoms with E-state index in [0.717, 1.165) is 19.6 Å². The van der Waals surface area contributed by atoms with E-state index in [1.54, 1.807) is 17.2 Å². The summed E-state index contributed by atoms with van der Waals surface area (Å²) in [6, 6.07) is 7.08. The molecule has 0 aromatic carbocycles. The molecule has 0 atom stereocenters. The third kappa shape index (κ3) is 3.23. The van der Waals surface area contributed by atoms with Crippen molar-refractivity contribution in [1.82, 2.24) is 19.8 Å². The fraction of sp³-hybridized carbons (Fsp3) is 0.312. The normalized spacial score (nSPS) is 15.7. The molecule has 0 bridgehead atoms.